The fourth-order valence-corrected chi connectivity index (χ4v) is 1.53. The summed E-state index contributed by atoms with van der Waals surface area (Å²) < 4.78 is 0. The molecule has 0 unspecified atom stereocenters. The SMILES string of the molecule is CO/N=C(\C(=O)O)c1cnc(NC=O)s1. The topological polar surface area (TPSA) is 101 Å². The molecule has 0 saturated carbocycles. The number of carbonyl (C=O) groups excluding carboxylic acids is 1. The molecule has 0 radical (unpaired) electrons. The number of anilines is 1. The molecule has 0 saturated heterocycles. The van der Waals surface area contributed by atoms with Gasteiger partial charge in [0.2, 0.25) is 12.1 Å². The van der Waals surface area contributed by atoms with Crippen LogP contribution in [0.15, 0.2) is 11.4 Å². The minimum atomic E-state index is -1.22. The summed E-state index contributed by atoms with van der Waals surface area (Å²) in [5.74, 6) is -1.22. The number of rotatable bonds is 5. The van der Waals surface area contributed by atoms with E-state index in [0.717, 1.165) is 11.3 Å². The number of amides is 1. The highest BCUT2D eigenvalue weighted by Crippen LogP contribution is 2.18. The largest absolute Gasteiger partial charge is 0.476 e. The minimum absolute atomic E-state index is 0.256. The summed E-state index contributed by atoms with van der Waals surface area (Å²) in [5, 5.41) is 14.7. The maximum absolute atomic E-state index is 10.7. The normalized spacial score (nSPS) is 10.9. The average Bonchev–Trinajstić information content (AvgIpc) is 2.62. The number of nitrogens with one attached hydrogen (secondary N) is 1. The molecule has 0 aromatic carbocycles. The van der Waals surface area contributed by atoms with Crippen LogP contribution in [0.2, 0.25) is 0 Å². The predicted molar refractivity (Wildman–Crippen MR) is 53.0 cm³/mol. The molecule has 1 aromatic heterocycles. The van der Waals surface area contributed by atoms with Gasteiger partial charge in [0.05, 0.1) is 11.1 Å². The zero-order valence-corrected chi connectivity index (χ0v) is 8.45. The number of hydrogen-bond donors (Lipinski definition) is 2. The van der Waals surface area contributed by atoms with E-state index >= 15 is 0 Å². The van der Waals surface area contributed by atoms with Crippen LogP contribution in [0.1, 0.15) is 4.88 Å². The van der Waals surface area contributed by atoms with E-state index in [1.165, 1.54) is 13.3 Å². The van der Waals surface area contributed by atoms with E-state index in [-0.39, 0.29) is 5.71 Å². The molecule has 7 nitrogen and oxygen atoms in total. The Bertz CT molecular complexity index is 401. The summed E-state index contributed by atoms with van der Waals surface area (Å²) in [6, 6.07) is 0. The number of hydrogen-bond acceptors (Lipinski definition) is 6. The van der Waals surface area contributed by atoms with Gasteiger partial charge >= 0.3 is 5.97 Å². The van der Waals surface area contributed by atoms with Crippen LogP contribution in [0, 0.1) is 0 Å². The molecule has 0 aliphatic heterocycles. The van der Waals surface area contributed by atoms with Gasteiger partial charge in [0.15, 0.2) is 5.13 Å². The molecule has 1 amide bonds. The second kappa shape index (κ2) is 5.05. The van der Waals surface area contributed by atoms with Gasteiger partial charge in [0.25, 0.3) is 0 Å². The Balaban J connectivity index is 2.97. The smallest absolute Gasteiger partial charge is 0.359 e. The molecular formula is C7H7N3O4S. The molecule has 0 fully saturated rings. The van der Waals surface area contributed by atoms with Gasteiger partial charge in [-0.1, -0.05) is 16.5 Å². The van der Waals surface area contributed by atoms with Crippen LogP contribution < -0.4 is 5.32 Å². The lowest BCUT2D eigenvalue weighted by Gasteiger charge is -1.94. The van der Waals surface area contributed by atoms with E-state index in [1.807, 2.05) is 0 Å². The molecule has 0 bridgehead atoms. The Morgan fingerprint density at radius 2 is 2.53 bits per heavy atom. The van der Waals surface area contributed by atoms with Crippen LogP contribution in [0.4, 0.5) is 5.13 Å². The lowest BCUT2D eigenvalue weighted by Crippen LogP contribution is -2.13. The van der Waals surface area contributed by atoms with Crippen molar-refractivity contribution in [2.45, 2.75) is 0 Å². The fraction of sp³-hybridized carbons (Fsp3) is 0.143. The number of oxime groups is 1. The number of nitrogens with zero attached hydrogens (tertiary/aromatic N) is 2. The Kier molecular flexibility index (Phi) is 3.75. The first-order chi connectivity index (χ1) is 7.19. The van der Waals surface area contributed by atoms with Crippen LogP contribution in [0.25, 0.3) is 0 Å². The number of aromatic nitrogens is 1. The van der Waals surface area contributed by atoms with Gasteiger partial charge < -0.3 is 15.3 Å². The van der Waals surface area contributed by atoms with Gasteiger partial charge in [-0.2, -0.15) is 0 Å². The van der Waals surface area contributed by atoms with Gasteiger partial charge in [-0.3, -0.25) is 4.79 Å². The first kappa shape index (κ1) is 11.1. The van der Waals surface area contributed by atoms with Crippen LogP contribution >= 0.6 is 11.3 Å². The highest BCUT2D eigenvalue weighted by molar-refractivity contribution is 7.18. The van der Waals surface area contributed by atoms with E-state index in [2.05, 4.69) is 20.3 Å². The molecule has 0 atom stereocenters. The molecule has 0 aliphatic carbocycles. The molecule has 0 aliphatic rings. The quantitative estimate of drug-likeness (QED) is 0.425. The maximum atomic E-state index is 10.7. The van der Waals surface area contributed by atoms with Crippen molar-refractivity contribution < 1.29 is 19.5 Å². The summed E-state index contributed by atoms with van der Waals surface area (Å²) in [5.41, 5.74) is -0.256. The second-order valence-corrected chi connectivity index (χ2v) is 3.25. The predicted octanol–water partition coefficient (Wildman–Crippen LogP) is 0.147. The van der Waals surface area contributed by atoms with Crippen molar-refractivity contribution in [1.82, 2.24) is 4.98 Å². The lowest BCUT2D eigenvalue weighted by atomic mass is 10.3. The highest BCUT2D eigenvalue weighted by Gasteiger charge is 2.16. The van der Waals surface area contributed by atoms with Crippen molar-refractivity contribution >= 4 is 34.6 Å². The lowest BCUT2D eigenvalue weighted by molar-refractivity contribution is -0.129. The number of carboxylic acid groups (broad SMARTS) is 1. The molecule has 1 heterocycles. The summed E-state index contributed by atoms with van der Waals surface area (Å²) in [4.78, 5) is 29.3. The van der Waals surface area contributed by atoms with Crippen molar-refractivity contribution in [1.29, 1.82) is 0 Å². The molecule has 8 heteroatoms. The highest BCUT2D eigenvalue weighted by atomic mass is 32.1. The van der Waals surface area contributed by atoms with E-state index in [4.69, 9.17) is 5.11 Å². The van der Waals surface area contributed by atoms with Crippen LogP contribution in [-0.4, -0.2) is 35.3 Å². The molecule has 0 spiro atoms. The third kappa shape index (κ3) is 2.74. The average molecular weight is 229 g/mol. The van der Waals surface area contributed by atoms with Crippen molar-refractivity contribution in [3.63, 3.8) is 0 Å². The first-order valence-corrected chi connectivity index (χ1v) is 4.51. The van der Waals surface area contributed by atoms with Crippen LogP contribution in [0.3, 0.4) is 0 Å². The van der Waals surface area contributed by atoms with Crippen LogP contribution in [0.5, 0.6) is 0 Å². The standard InChI is InChI=1S/C7H7N3O4S/c1-14-10-5(6(12)13)4-2-8-7(15-4)9-3-11/h2-3H,1H3,(H,12,13)(H,8,9,11)/b10-5-. The van der Waals surface area contributed by atoms with E-state index in [0.29, 0.717) is 16.4 Å². The summed E-state index contributed by atoms with van der Waals surface area (Å²) in [6.45, 7) is 0. The molecule has 80 valence electrons. The Morgan fingerprint density at radius 1 is 1.80 bits per heavy atom. The monoisotopic (exact) mass is 229 g/mol. The third-order valence-corrected chi connectivity index (χ3v) is 2.24. The first-order valence-electron chi connectivity index (χ1n) is 3.70. The minimum Gasteiger partial charge on any atom is -0.476 e. The van der Waals surface area contributed by atoms with Crippen molar-refractivity contribution in [3.8, 4) is 0 Å². The summed E-state index contributed by atoms with van der Waals surface area (Å²) in [7, 11) is 1.24. The van der Waals surface area contributed by atoms with Gasteiger partial charge in [0.1, 0.15) is 7.11 Å². The summed E-state index contributed by atoms with van der Waals surface area (Å²) >= 11 is 0.989. The molecule has 2 N–H and O–H groups in total. The van der Waals surface area contributed by atoms with Crippen LogP contribution in [-0.2, 0) is 14.4 Å². The summed E-state index contributed by atoms with van der Waals surface area (Å²) in [6.07, 6.45) is 1.75. The van der Waals surface area contributed by atoms with Gasteiger partial charge in [0, 0.05) is 0 Å². The van der Waals surface area contributed by atoms with Gasteiger partial charge in [-0.15, -0.1) is 0 Å². The Labute approximate surface area is 88.4 Å². The molecule has 15 heavy (non-hydrogen) atoms. The van der Waals surface area contributed by atoms with Crippen molar-refractivity contribution in [3.05, 3.63) is 11.1 Å². The molecular weight excluding hydrogens is 222 g/mol. The van der Waals surface area contributed by atoms with E-state index < -0.39 is 5.97 Å². The molecule has 1 aromatic rings. The van der Waals surface area contributed by atoms with E-state index in [9.17, 15) is 9.59 Å². The number of thiazole rings is 1. The Morgan fingerprint density at radius 3 is 3.07 bits per heavy atom. The molecule has 1 rings (SSSR count). The zero-order chi connectivity index (χ0) is 11.3. The maximum Gasteiger partial charge on any atom is 0.359 e. The fourth-order valence-electron chi connectivity index (χ4n) is 0.781. The Hall–Kier alpha value is -1.96. The zero-order valence-electron chi connectivity index (χ0n) is 7.63. The number of aliphatic carboxylic acids is 1. The van der Waals surface area contributed by atoms with Crippen molar-refractivity contribution in [2.24, 2.45) is 5.16 Å². The van der Waals surface area contributed by atoms with Gasteiger partial charge in [-0.25, -0.2) is 9.78 Å². The number of carboxylic acids is 1. The van der Waals surface area contributed by atoms with Gasteiger partial charge in [-0.05, 0) is 0 Å². The second-order valence-electron chi connectivity index (χ2n) is 2.22. The number of carbonyl (C=O) groups is 2. The third-order valence-electron chi connectivity index (χ3n) is 1.31. The van der Waals surface area contributed by atoms with E-state index in [1.54, 1.807) is 0 Å². The van der Waals surface area contributed by atoms with Crippen molar-refractivity contribution in [2.75, 3.05) is 12.4 Å².